The van der Waals surface area contributed by atoms with Crippen LogP contribution in [-0.2, 0) is 4.74 Å². The smallest absolute Gasteiger partial charge is 0.337 e. The van der Waals surface area contributed by atoms with Crippen LogP contribution in [0.25, 0.3) is 0 Å². The molecule has 20 heavy (non-hydrogen) atoms. The summed E-state index contributed by atoms with van der Waals surface area (Å²) in [6.45, 7) is 0. The zero-order chi connectivity index (χ0) is 14.2. The first-order valence-electron chi connectivity index (χ1n) is 6.05. The third-order valence-electron chi connectivity index (χ3n) is 2.56. The van der Waals surface area contributed by atoms with Gasteiger partial charge in [0.15, 0.2) is 0 Å². The predicted octanol–water partition coefficient (Wildman–Crippen LogP) is 2.88. The molecule has 96 valence electrons. The largest absolute Gasteiger partial charge is 0.465 e. The number of rotatable bonds is 1. The fourth-order valence-electron chi connectivity index (χ4n) is 1.54. The molecule has 0 unspecified atom stereocenters. The van der Waals surface area contributed by atoms with Crippen molar-refractivity contribution in [1.82, 2.24) is 0 Å². The summed E-state index contributed by atoms with van der Waals surface area (Å²) in [7, 11) is 1.36. The molecule has 0 aromatic heterocycles. The summed E-state index contributed by atoms with van der Waals surface area (Å²) < 4.78 is 4.63. The number of esters is 1. The van der Waals surface area contributed by atoms with Crippen molar-refractivity contribution in [1.29, 1.82) is 0 Å². The van der Waals surface area contributed by atoms with Gasteiger partial charge in [0, 0.05) is 11.1 Å². The van der Waals surface area contributed by atoms with E-state index in [2.05, 4.69) is 28.4 Å². The highest BCUT2D eigenvalue weighted by Crippen LogP contribution is 2.04. The fourth-order valence-corrected chi connectivity index (χ4v) is 1.54. The van der Waals surface area contributed by atoms with E-state index in [0.717, 1.165) is 11.1 Å². The SMILES string of the molecule is COC(=O)c1ccc(C#CC#Cc2ccccc2)cc1. The van der Waals surface area contributed by atoms with Gasteiger partial charge in [-0.3, -0.25) is 0 Å². The quantitative estimate of drug-likeness (QED) is 0.582. The number of benzene rings is 2. The molecule has 0 radical (unpaired) electrons. The molecule has 0 heterocycles. The second-order valence-corrected chi connectivity index (χ2v) is 3.93. The number of hydrogen-bond acceptors (Lipinski definition) is 2. The maximum absolute atomic E-state index is 11.3. The molecule has 0 spiro atoms. The Morgan fingerprint density at radius 3 is 1.95 bits per heavy atom. The van der Waals surface area contributed by atoms with Crippen molar-refractivity contribution in [2.24, 2.45) is 0 Å². The van der Waals surface area contributed by atoms with Crippen molar-refractivity contribution < 1.29 is 9.53 Å². The number of carbonyl (C=O) groups is 1. The molecule has 0 N–H and O–H groups in total. The van der Waals surface area contributed by atoms with Crippen LogP contribution < -0.4 is 0 Å². The summed E-state index contributed by atoms with van der Waals surface area (Å²) >= 11 is 0. The lowest BCUT2D eigenvalue weighted by molar-refractivity contribution is 0.0601. The third kappa shape index (κ3) is 3.77. The van der Waals surface area contributed by atoms with Gasteiger partial charge in [-0.1, -0.05) is 30.0 Å². The van der Waals surface area contributed by atoms with Gasteiger partial charge >= 0.3 is 5.97 Å². The molecule has 0 aliphatic rings. The molecule has 0 aliphatic carbocycles. The maximum Gasteiger partial charge on any atom is 0.337 e. The van der Waals surface area contributed by atoms with Crippen LogP contribution in [0.3, 0.4) is 0 Å². The van der Waals surface area contributed by atoms with Gasteiger partial charge in [0.2, 0.25) is 0 Å². The molecule has 0 aliphatic heterocycles. The zero-order valence-corrected chi connectivity index (χ0v) is 11.0. The Balaban J connectivity index is 2.07. The number of hydrogen-bond donors (Lipinski definition) is 0. The first-order chi connectivity index (χ1) is 9.79. The highest BCUT2D eigenvalue weighted by molar-refractivity contribution is 5.89. The van der Waals surface area contributed by atoms with Crippen LogP contribution in [-0.4, -0.2) is 13.1 Å². The molecule has 2 nitrogen and oxygen atoms in total. The molecular formula is C18H12O2. The minimum Gasteiger partial charge on any atom is -0.465 e. The second kappa shape index (κ2) is 6.83. The number of carbonyl (C=O) groups excluding carboxylic acids is 1. The lowest BCUT2D eigenvalue weighted by Gasteiger charge is -1.97. The van der Waals surface area contributed by atoms with Crippen molar-refractivity contribution in [2.45, 2.75) is 0 Å². The van der Waals surface area contributed by atoms with Gasteiger partial charge in [0.25, 0.3) is 0 Å². The van der Waals surface area contributed by atoms with E-state index in [1.54, 1.807) is 24.3 Å². The average molecular weight is 260 g/mol. The van der Waals surface area contributed by atoms with Gasteiger partial charge in [0.05, 0.1) is 12.7 Å². The van der Waals surface area contributed by atoms with E-state index in [0.29, 0.717) is 5.56 Å². The summed E-state index contributed by atoms with van der Waals surface area (Å²) in [6, 6.07) is 16.6. The minimum atomic E-state index is -0.353. The van der Waals surface area contributed by atoms with Crippen LogP contribution in [0.5, 0.6) is 0 Å². The van der Waals surface area contributed by atoms with E-state index in [1.807, 2.05) is 30.3 Å². The van der Waals surface area contributed by atoms with Crippen molar-refractivity contribution in [3.63, 3.8) is 0 Å². The Hall–Kier alpha value is -2.97. The highest BCUT2D eigenvalue weighted by Gasteiger charge is 2.02. The first-order valence-corrected chi connectivity index (χ1v) is 6.05. The molecular weight excluding hydrogens is 248 g/mol. The molecule has 2 aromatic carbocycles. The summed E-state index contributed by atoms with van der Waals surface area (Å²) in [6.07, 6.45) is 0. The van der Waals surface area contributed by atoms with E-state index >= 15 is 0 Å². The summed E-state index contributed by atoms with van der Waals surface area (Å²) in [5.41, 5.74) is 2.25. The molecule has 0 saturated heterocycles. The van der Waals surface area contributed by atoms with Gasteiger partial charge in [-0.15, -0.1) is 0 Å². The van der Waals surface area contributed by atoms with Crippen molar-refractivity contribution in [2.75, 3.05) is 7.11 Å². The van der Waals surface area contributed by atoms with E-state index in [9.17, 15) is 4.79 Å². The molecule has 0 bridgehead atoms. The van der Waals surface area contributed by atoms with Gasteiger partial charge in [-0.05, 0) is 48.2 Å². The van der Waals surface area contributed by atoms with Gasteiger partial charge in [-0.25, -0.2) is 4.79 Å². The van der Waals surface area contributed by atoms with Crippen LogP contribution in [0.15, 0.2) is 54.6 Å². The summed E-state index contributed by atoms with van der Waals surface area (Å²) in [5.74, 6) is 11.1. The summed E-state index contributed by atoms with van der Waals surface area (Å²) in [5, 5.41) is 0. The Kier molecular flexibility index (Phi) is 4.60. The third-order valence-corrected chi connectivity index (χ3v) is 2.56. The molecule has 2 rings (SSSR count). The normalized spacial score (nSPS) is 8.65. The van der Waals surface area contributed by atoms with Crippen LogP contribution in [0.4, 0.5) is 0 Å². The van der Waals surface area contributed by atoms with Crippen molar-refractivity contribution in [3.8, 4) is 23.7 Å². The van der Waals surface area contributed by atoms with Crippen LogP contribution in [0.2, 0.25) is 0 Å². The van der Waals surface area contributed by atoms with Crippen LogP contribution >= 0.6 is 0 Å². The first kappa shape index (κ1) is 13.5. The molecule has 0 amide bonds. The predicted molar refractivity (Wildman–Crippen MR) is 78.0 cm³/mol. The monoisotopic (exact) mass is 260 g/mol. The van der Waals surface area contributed by atoms with Gasteiger partial charge in [-0.2, -0.15) is 0 Å². The minimum absolute atomic E-state index is 0.353. The van der Waals surface area contributed by atoms with Crippen LogP contribution in [0, 0.1) is 23.7 Å². The Labute approximate surface area is 118 Å². The van der Waals surface area contributed by atoms with E-state index < -0.39 is 0 Å². The van der Waals surface area contributed by atoms with Gasteiger partial charge < -0.3 is 4.74 Å². The Morgan fingerprint density at radius 2 is 1.40 bits per heavy atom. The standard InChI is InChI=1S/C18H12O2/c1-20-18(19)17-13-11-16(12-14-17)10-6-5-9-15-7-3-2-4-8-15/h2-4,7-8,11-14H,1H3. The molecule has 2 heteroatoms. The average Bonchev–Trinajstić information content (AvgIpc) is 2.52. The molecule has 0 saturated carbocycles. The number of methoxy groups -OCH3 is 1. The van der Waals surface area contributed by atoms with Crippen LogP contribution in [0.1, 0.15) is 21.5 Å². The maximum atomic E-state index is 11.3. The Morgan fingerprint density at radius 1 is 0.850 bits per heavy atom. The van der Waals surface area contributed by atoms with Gasteiger partial charge in [0.1, 0.15) is 0 Å². The van der Waals surface area contributed by atoms with E-state index in [4.69, 9.17) is 0 Å². The number of ether oxygens (including phenoxy) is 1. The Bertz CT molecular complexity index is 705. The topological polar surface area (TPSA) is 26.3 Å². The zero-order valence-electron chi connectivity index (χ0n) is 11.0. The lowest BCUT2D eigenvalue weighted by Crippen LogP contribution is -2.00. The molecule has 0 fully saturated rings. The fraction of sp³-hybridized carbons (Fsp3) is 0.0556. The van der Waals surface area contributed by atoms with Crippen molar-refractivity contribution >= 4 is 5.97 Å². The lowest BCUT2D eigenvalue weighted by atomic mass is 10.1. The van der Waals surface area contributed by atoms with E-state index in [1.165, 1.54) is 7.11 Å². The van der Waals surface area contributed by atoms with Crippen molar-refractivity contribution in [3.05, 3.63) is 71.3 Å². The molecule has 0 atom stereocenters. The summed E-state index contributed by atoms with van der Waals surface area (Å²) in [4.78, 5) is 11.3. The highest BCUT2D eigenvalue weighted by atomic mass is 16.5. The molecule has 2 aromatic rings. The second-order valence-electron chi connectivity index (χ2n) is 3.93. The van der Waals surface area contributed by atoms with E-state index in [-0.39, 0.29) is 5.97 Å².